The summed E-state index contributed by atoms with van der Waals surface area (Å²) in [4.78, 5) is 22.3. The maximum atomic E-state index is 11.6. The Bertz CT molecular complexity index is 416. The summed E-state index contributed by atoms with van der Waals surface area (Å²) in [6.45, 7) is 1.94. The Morgan fingerprint density at radius 3 is 2.78 bits per heavy atom. The number of rotatable bonds is 6. The Morgan fingerprint density at radius 2 is 2.28 bits per heavy atom. The summed E-state index contributed by atoms with van der Waals surface area (Å²) in [6, 6.07) is -0.771. The van der Waals surface area contributed by atoms with E-state index in [2.05, 4.69) is 15.7 Å². The third-order valence-corrected chi connectivity index (χ3v) is 2.36. The van der Waals surface area contributed by atoms with E-state index in [1.807, 2.05) is 6.92 Å². The van der Waals surface area contributed by atoms with Crippen molar-refractivity contribution in [2.45, 2.75) is 32.2 Å². The van der Waals surface area contributed by atoms with Crippen molar-refractivity contribution in [1.82, 2.24) is 15.1 Å². The summed E-state index contributed by atoms with van der Waals surface area (Å²) < 4.78 is 1.57. The minimum atomic E-state index is -0.921. The standard InChI is InChI=1S/C11H18N4O3/c1-3-4-8(5-10(16)17)13-11(18)14-9-6-12-15(2)7-9/h6-8H,3-5H2,1-2H3,(H,16,17)(H2,13,14,18). The first-order valence-electron chi connectivity index (χ1n) is 5.79. The van der Waals surface area contributed by atoms with Crippen LogP contribution < -0.4 is 10.6 Å². The van der Waals surface area contributed by atoms with E-state index in [9.17, 15) is 9.59 Å². The predicted octanol–water partition coefficient (Wildman–Crippen LogP) is 1.18. The van der Waals surface area contributed by atoms with Gasteiger partial charge in [0.15, 0.2) is 0 Å². The second-order valence-electron chi connectivity index (χ2n) is 4.08. The number of hydrogen-bond donors (Lipinski definition) is 3. The molecule has 0 saturated heterocycles. The Labute approximate surface area is 105 Å². The van der Waals surface area contributed by atoms with E-state index in [-0.39, 0.29) is 12.5 Å². The van der Waals surface area contributed by atoms with Crippen LogP contribution in [0.25, 0.3) is 0 Å². The maximum Gasteiger partial charge on any atom is 0.319 e. The van der Waals surface area contributed by atoms with Crippen molar-refractivity contribution in [2.75, 3.05) is 5.32 Å². The fourth-order valence-electron chi connectivity index (χ4n) is 1.62. The number of nitrogens with zero attached hydrogens (tertiary/aromatic N) is 2. The molecule has 0 fully saturated rings. The van der Waals surface area contributed by atoms with Crippen LogP contribution in [0.3, 0.4) is 0 Å². The van der Waals surface area contributed by atoms with Gasteiger partial charge in [0.05, 0.1) is 18.3 Å². The first-order chi connectivity index (χ1) is 8.51. The molecular weight excluding hydrogens is 236 g/mol. The molecule has 7 nitrogen and oxygen atoms in total. The fourth-order valence-corrected chi connectivity index (χ4v) is 1.62. The number of carboxylic acids is 1. The summed E-state index contributed by atoms with van der Waals surface area (Å²) >= 11 is 0. The average Bonchev–Trinajstić information content (AvgIpc) is 2.62. The number of aryl methyl sites for hydroxylation is 1. The molecule has 1 rings (SSSR count). The van der Waals surface area contributed by atoms with Gasteiger partial charge >= 0.3 is 12.0 Å². The van der Waals surface area contributed by atoms with Gasteiger partial charge in [0.2, 0.25) is 0 Å². The molecule has 1 unspecified atom stereocenters. The number of hydrogen-bond acceptors (Lipinski definition) is 3. The number of urea groups is 1. The molecule has 0 aliphatic carbocycles. The van der Waals surface area contributed by atoms with Crippen molar-refractivity contribution in [3.63, 3.8) is 0 Å². The fraction of sp³-hybridized carbons (Fsp3) is 0.545. The van der Waals surface area contributed by atoms with E-state index in [0.29, 0.717) is 12.1 Å². The van der Waals surface area contributed by atoms with Crippen molar-refractivity contribution in [3.8, 4) is 0 Å². The molecule has 0 spiro atoms. The average molecular weight is 254 g/mol. The Kier molecular flexibility index (Phi) is 5.16. The molecule has 1 aromatic rings. The molecule has 1 atom stereocenters. The summed E-state index contributed by atoms with van der Waals surface area (Å²) in [6.07, 6.45) is 4.55. The Balaban J connectivity index is 2.47. The zero-order valence-electron chi connectivity index (χ0n) is 10.5. The van der Waals surface area contributed by atoms with Gasteiger partial charge in [0.25, 0.3) is 0 Å². The number of carboxylic acid groups (broad SMARTS) is 1. The van der Waals surface area contributed by atoms with Gasteiger partial charge < -0.3 is 15.7 Å². The third-order valence-electron chi connectivity index (χ3n) is 2.36. The number of carbonyl (C=O) groups is 2. The van der Waals surface area contributed by atoms with Crippen molar-refractivity contribution >= 4 is 17.7 Å². The summed E-state index contributed by atoms with van der Waals surface area (Å²) in [5.74, 6) is -0.921. The normalized spacial score (nSPS) is 11.9. The smallest absolute Gasteiger partial charge is 0.319 e. The highest BCUT2D eigenvalue weighted by Crippen LogP contribution is 2.05. The largest absolute Gasteiger partial charge is 0.481 e. The number of anilines is 1. The lowest BCUT2D eigenvalue weighted by Gasteiger charge is -2.16. The van der Waals surface area contributed by atoms with Gasteiger partial charge in [-0.25, -0.2) is 4.79 Å². The van der Waals surface area contributed by atoms with E-state index in [0.717, 1.165) is 6.42 Å². The van der Waals surface area contributed by atoms with Crippen LogP contribution >= 0.6 is 0 Å². The minimum absolute atomic E-state index is 0.0751. The highest BCUT2D eigenvalue weighted by molar-refractivity contribution is 5.89. The molecule has 0 aliphatic rings. The minimum Gasteiger partial charge on any atom is -0.481 e. The van der Waals surface area contributed by atoms with Crippen molar-refractivity contribution < 1.29 is 14.7 Å². The highest BCUT2D eigenvalue weighted by atomic mass is 16.4. The molecule has 0 aromatic carbocycles. The van der Waals surface area contributed by atoms with Gasteiger partial charge in [-0.2, -0.15) is 5.10 Å². The lowest BCUT2D eigenvalue weighted by Crippen LogP contribution is -2.39. The molecule has 7 heteroatoms. The number of nitrogens with one attached hydrogen (secondary N) is 2. The van der Waals surface area contributed by atoms with Gasteiger partial charge in [-0.1, -0.05) is 13.3 Å². The lowest BCUT2D eigenvalue weighted by atomic mass is 10.1. The highest BCUT2D eigenvalue weighted by Gasteiger charge is 2.15. The molecular formula is C11H18N4O3. The topological polar surface area (TPSA) is 96.2 Å². The molecule has 100 valence electrons. The Hall–Kier alpha value is -2.05. The summed E-state index contributed by atoms with van der Waals surface area (Å²) in [7, 11) is 1.74. The van der Waals surface area contributed by atoms with Crippen LogP contribution in [0.15, 0.2) is 12.4 Å². The number of amides is 2. The van der Waals surface area contributed by atoms with Crippen molar-refractivity contribution in [1.29, 1.82) is 0 Å². The quantitative estimate of drug-likeness (QED) is 0.710. The van der Waals surface area contributed by atoms with E-state index < -0.39 is 12.0 Å². The number of aromatic nitrogens is 2. The molecule has 0 saturated carbocycles. The third kappa shape index (κ3) is 4.86. The van der Waals surface area contributed by atoms with Gasteiger partial charge in [-0.05, 0) is 6.42 Å². The summed E-state index contributed by atoms with van der Waals surface area (Å²) in [5, 5.41) is 17.9. The molecule has 1 heterocycles. The van der Waals surface area contributed by atoms with E-state index in [4.69, 9.17) is 5.11 Å². The first-order valence-corrected chi connectivity index (χ1v) is 5.79. The van der Waals surface area contributed by atoms with Crippen LogP contribution in [-0.2, 0) is 11.8 Å². The van der Waals surface area contributed by atoms with Gasteiger partial charge in [-0.3, -0.25) is 9.48 Å². The zero-order chi connectivity index (χ0) is 13.5. The van der Waals surface area contributed by atoms with Crippen LogP contribution in [0.2, 0.25) is 0 Å². The molecule has 2 amide bonds. The Morgan fingerprint density at radius 1 is 1.56 bits per heavy atom. The van der Waals surface area contributed by atoms with Crippen LogP contribution in [0.4, 0.5) is 10.5 Å². The molecule has 1 aromatic heterocycles. The first kappa shape index (κ1) is 14.0. The molecule has 0 radical (unpaired) electrons. The van der Waals surface area contributed by atoms with Crippen LogP contribution in [0.5, 0.6) is 0 Å². The number of carbonyl (C=O) groups excluding carboxylic acids is 1. The molecule has 0 aliphatic heterocycles. The molecule has 3 N–H and O–H groups in total. The second kappa shape index (κ2) is 6.63. The monoisotopic (exact) mass is 254 g/mol. The second-order valence-corrected chi connectivity index (χ2v) is 4.08. The van der Waals surface area contributed by atoms with E-state index >= 15 is 0 Å². The van der Waals surface area contributed by atoms with Gasteiger partial charge in [-0.15, -0.1) is 0 Å². The maximum absolute atomic E-state index is 11.6. The van der Waals surface area contributed by atoms with E-state index in [1.165, 1.54) is 6.20 Å². The van der Waals surface area contributed by atoms with Crippen molar-refractivity contribution in [2.24, 2.45) is 7.05 Å². The molecule has 18 heavy (non-hydrogen) atoms. The lowest BCUT2D eigenvalue weighted by molar-refractivity contribution is -0.137. The zero-order valence-corrected chi connectivity index (χ0v) is 10.5. The van der Waals surface area contributed by atoms with Crippen molar-refractivity contribution in [3.05, 3.63) is 12.4 Å². The van der Waals surface area contributed by atoms with Gasteiger partial charge in [0, 0.05) is 19.3 Å². The van der Waals surface area contributed by atoms with E-state index in [1.54, 1.807) is 17.9 Å². The predicted molar refractivity (Wildman–Crippen MR) is 66.3 cm³/mol. The summed E-state index contributed by atoms with van der Waals surface area (Å²) in [5.41, 5.74) is 0.570. The van der Waals surface area contributed by atoms with Crippen LogP contribution in [0, 0.1) is 0 Å². The van der Waals surface area contributed by atoms with Gasteiger partial charge in [0.1, 0.15) is 0 Å². The SMILES string of the molecule is CCCC(CC(=O)O)NC(=O)Nc1cnn(C)c1. The number of aliphatic carboxylic acids is 1. The molecule has 0 bridgehead atoms. The van der Waals surface area contributed by atoms with Crippen LogP contribution in [0.1, 0.15) is 26.2 Å². The van der Waals surface area contributed by atoms with Crippen LogP contribution in [-0.4, -0.2) is 32.9 Å².